The normalized spacial score (nSPS) is 11.7. The molecular formula is C52H33NO. The average molecular weight is 688 g/mol. The third-order valence-corrected chi connectivity index (χ3v) is 11.0. The number of para-hydroxylation sites is 2. The fourth-order valence-electron chi connectivity index (χ4n) is 8.61. The zero-order valence-corrected chi connectivity index (χ0v) is 29.4. The number of benzene rings is 10. The molecule has 0 bridgehead atoms. The largest absolute Gasteiger partial charge is 0.456 e. The molecule has 0 saturated heterocycles. The third kappa shape index (κ3) is 4.74. The lowest BCUT2D eigenvalue weighted by Crippen LogP contribution is -2.11. The van der Waals surface area contributed by atoms with Crippen molar-refractivity contribution in [2.45, 2.75) is 0 Å². The van der Waals surface area contributed by atoms with Gasteiger partial charge in [-0.2, -0.15) is 0 Å². The van der Waals surface area contributed by atoms with Gasteiger partial charge in [0.2, 0.25) is 0 Å². The molecule has 0 radical (unpaired) electrons. The van der Waals surface area contributed by atoms with Crippen LogP contribution in [0.3, 0.4) is 0 Å². The second kappa shape index (κ2) is 12.2. The molecule has 0 aliphatic rings. The van der Waals surface area contributed by atoms with Crippen molar-refractivity contribution in [3.05, 3.63) is 200 Å². The molecule has 0 fully saturated rings. The SMILES string of the molecule is c1ccc(-c2ccccc2N(c2ccc(-c3cccc4c5ccc6oc7ccccc7c6c5c5ccccc5c34)cc2)c2ccc3ccccc3c2)cc1. The van der Waals surface area contributed by atoms with Gasteiger partial charge in [0.25, 0.3) is 0 Å². The molecule has 252 valence electrons. The highest BCUT2D eigenvalue weighted by atomic mass is 16.3. The lowest BCUT2D eigenvalue weighted by molar-refractivity contribution is 0.669. The van der Waals surface area contributed by atoms with Crippen LogP contribution < -0.4 is 4.90 Å². The number of anilines is 3. The van der Waals surface area contributed by atoms with Crippen molar-refractivity contribution >= 4 is 82.1 Å². The van der Waals surface area contributed by atoms with Gasteiger partial charge in [0.05, 0.1) is 5.69 Å². The summed E-state index contributed by atoms with van der Waals surface area (Å²) in [6, 6.07) is 72.2. The van der Waals surface area contributed by atoms with Gasteiger partial charge in [-0.1, -0.05) is 152 Å². The van der Waals surface area contributed by atoms with Gasteiger partial charge < -0.3 is 9.32 Å². The molecule has 11 rings (SSSR count). The van der Waals surface area contributed by atoms with Gasteiger partial charge in [0, 0.05) is 33.1 Å². The number of hydrogen-bond donors (Lipinski definition) is 0. The van der Waals surface area contributed by atoms with Gasteiger partial charge in [-0.15, -0.1) is 0 Å². The second-order valence-corrected chi connectivity index (χ2v) is 14.0. The van der Waals surface area contributed by atoms with E-state index in [1.54, 1.807) is 0 Å². The molecule has 0 amide bonds. The molecule has 2 heteroatoms. The van der Waals surface area contributed by atoms with Crippen LogP contribution in [-0.2, 0) is 0 Å². The molecule has 0 atom stereocenters. The van der Waals surface area contributed by atoms with Gasteiger partial charge in [0.15, 0.2) is 0 Å². The zero-order valence-electron chi connectivity index (χ0n) is 29.4. The van der Waals surface area contributed by atoms with Crippen LogP contribution in [0.2, 0.25) is 0 Å². The summed E-state index contributed by atoms with van der Waals surface area (Å²) in [5.41, 5.74) is 9.95. The molecule has 54 heavy (non-hydrogen) atoms. The third-order valence-electron chi connectivity index (χ3n) is 11.0. The van der Waals surface area contributed by atoms with Crippen molar-refractivity contribution in [3.63, 3.8) is 0 Å². The van der Waals surface area contributed by atoms with Gasteiger partial charge in [-0.05, 0) is 103 Å². The summed E-state index contributed by atoms with van der Waals surface area (Å²) >= 11 is 0. The Morgan fingerprint density at radius 2 is 0.907 bits per heavy atom. The zero-order chi connectivity index (χ0) is 35.6. The van der Waals surface area contributed by atoms with Crippen molar-refractivity contribution < 1.29 is 4.42 Å². The lowest BCUT2D eigenvalue weighted by atomic mass is 9.88. The highest BCUT2D eigenvalue weighted by Gasteiger charge is 2.20. The van der Waals surface area contributed by atoms with Crippen molar-refractivity contribution in [1.82, 2.24) is 0 Å². The predicted molar refractivity (Wildman–Crippen MR) is 229 cm³/mol. The van der Waals surface area contributed by atoms with Crippen LogP contribution in [0.1, 0.15) is 0 Å². The maximum Gasteiger partial charge on any atom is 0.136 e. The summed E-state index contributed by atoms with van der Waals surface area (Å²) < 4.78 is 6.36. The highest BCUT2D eigenvalue weighted by molar-refractivity contribution is 6.36. The molecule has 0 N–H and O–H groups in total. The molecule has 11 aromatic rings. The maximum absolute atomic E-state index is 6.36. The number of rotatable bonds is 5. The number of hydrogen-bond acceptors (Lipinski definition) is 2. The fraction of sp³-hybridized carbons (Fsp3) is 0. The second-order valence-electron chi connectivity index (χ2n) is 14.0. The van der Waals surface area contributed by atoms with E-state index in [-0.39, 0.29) is 0 Å². The Morgan fingerprint density at radius 1 is 0.315 bits per heavy atom. The minimum Gasteiger partial charge on any atom is -0.456 e. The van der Waals surface area contributed by atoms with Crippen LogP contribution in [0.25, 0.3) is 87.3 Å². The number of fused-ring (bicyclic) bond motifs is 11. The Balaban J connectivity index is 1.12. The molecule has 2 nitrogen and oxygen atoms in total. The lowest BCUT2D eigenvalue weighted by Gasteiger charge is -2.28. The quantitative estimate of drug-likeness (QED) is 0.168. The van der Waals surface area contributed by atoms with Gasteiger partial charge >= 0.3 is 0 Å². The molecule has 0 aliphatic carbocycles. The summed E-state index contributed by atoms with van der Waals surface area (Å²) in [4.78, 5) is 2.39. The van der Waals surface area contributed by atoms with Crippen LogP contribution in [0, 0.1) is 0 Å². The van der Waals surface area contributed by atoms with Crippen molar-refractivity contribution in [1.29, 1.82) is 0 Å². The van der Waals surface area contributed by atoms with E-state index < -0.39 is 0 Å². The van der Waals surface area contributed by atoms with E-state index in [2.05, 4.69) is 199 Å². The molecule has 10 aromatic carbocycles. The van der Waals surface area contributed by atoms with E-state index in [4.69, 9.17) is 4.42 Å². The summed E-state index contributed by atoms with van der Waals surface area (Å²) in [6.07, 6.45) is 0. The van der Waals surface area contributed by atoms with Gasteiger partial charge in [0.1, 0.15) is 11.2 Å². The van der Waals surface area contributed by atoms with Gasteiger partial charge in [-0.25, -0.2) is 0 Å². The first-order valence-corrected chi connectivity index (χ1v) is 18.5. The topological polar surface area (TPSA) is 16.4 Å². The van der Waals surface area contributed by atoms with E-state index in [1.165, 1.54) is 70.7 Å². The Morgan fingerprint density at radius 3 is 1.74 bits per heavy atom. The summed E-state index contributed by atoms with van der Waals surface area (Å²) in [7, 11) is 0. The van der Waals surface area contributed by atoms with E-state index in [9.17, 15) is 0 Å². The molecule has 0 spiro atoms. The number of nitrogens with zero attached hydrogens (tertiary/aromatic N) is 1. The van der Waals surface area contributed by atoms with Crippen LogP contribution in [0.4, 0.5) is 17.1 Å². The van der Waals surface area contributed by atoms with Crippen molar-refractivity contribution in [2.75, 3.05) is 4.90 Å². The van der Waals surface area contributed by atoms with E-state index in [0.29, 0.717) is 0 Å². The monoisotopic (exact) mass is 687 g/mol. The molecule has 0 unspecified atom stereocenters. The molecule has 1 aromatic heterocycles. The van der Waals surface area contributed by atoms with Crippen LogP contribution in [0.15, 0.2) is 205 Å². The van der Waals surface area contributed by atoms with E-state index >= 15 is 0 Å². The minimum atomic E-state index is 0.919. The van der Waals surface area contributed by atoms with Crippen LogP contribution in [0.5, 0.6) is 0 Å². The smallest absolute Gasteiger partial charge is 0.136 e. The Bertz CT molecular complexity index is 3180. The molecule has 1 heterocycles. The average Bonchev–Trinajstić information content (AvgIpc) is 3.63. The molecule has 0 saturated carbocycles. The van der Waals surface area contributed by atoms with E-state index in [0.717, 1.165) is 33.6 Å². The molecular weight excluding hydrogens is 655 g/mol. The minimum absolute atomic E-state index is 0.919. The van der Waals surface area contributed by atoms with E-state index in [1.807, 2.05) is 6.07 Å². The maximum atomic E-state index is 6.36. The van der Waals surface area contributed by atoms with Gasteiger partial charge in [-0.3, -0.25) is 0 Å². The summed E-state index contributed by atoms with van der Waals surface area (Å²) in [5.74, 6) is 0. The summed E-state index contributed by atoms with van der Waals surface area (Å²) in [5, 5.41) is 12.2. The first kappa shape index (κ1) is 30.5. The standard InChI is InChI=1S/C52H33NO/c1-2-14-35(15-3-1)40-17-8-10-23-47(40)53(39-30-25-34-13-4-5-16-37(34)33-39)38-28-26-36(27-29-38)41-21-12-22-43-45-31-32-49-52(46-20-9-11-24-48(46)54-49)51(45)44-19-7-6-18-42(44)50(41)43/h1-33H. The Hall–Kier alpha value is -7.16. The van der Waals surface area contributed by atoms with Crippen LogP contribution >= 0.6 is 0 Å². The van der Waals surface area contributed by atoms with Crippen molar-refractivity contribution in [2.24, 2.45) is 0 Å². The first-order valence-electron chi connectivity index (χ1n) is 18.5. The van der Waals surface area contributed by atoms with Crippen molar-refractivity contribution in [3.8, 4) is 22.3 Å². The number of furan rings is 1. The van der Waals surface area contributed by atoms with Crippen LogP contribution in [-0.4, -0.2) is 0 Å². The predicted octanol–water partition coefficient (Wildman–Crippen LogP) is 15.0. The fourth-order valence-corrected chi connectivity index (χ4v) is 8.61. The molecule has 0 aliphatic heterocycles. The first-order chi connectivity index (χ1) is 26.8. The highest BCUT2D eigenvalue weighted by Crippen LogP contribution is 2.46. The Kier molecular flexibility index (Phi) is 6.90. The summed E-state index contributed by atoms with van der Waals surface area (Å²) in [6.45, 7) is 0. The Labute approximate surface area is 312 Å².